The molecule has 27 heavy (non-hydrogen) atoms. The third-order valence-corrected chi connectivity index (χ3v) is 6.03. The number of aliphatic hydroxyl groups excluding tert-OH is 1. The van der Waals surface area contributed by atoms with Gasteiger partial charge in [0, 0.05) is 23.9 Å². The summed E-state index contributed by atoms with van der Waals surface area (Å²) in [5.41, 5.74) is 2.51. The van der Waals surface area contributed by atoms with Crippen molar-refractivity contribution in [1.82, 2.24) is 4.90 Å². The Morgan fingerprint density at radius 2 is 1.74 bits per heavy atom. The SMILES string of the molecule is O=C(c1ccc(F)cc1)C1CCN([C@@H]2Cc3cccc(O)c3C[C@H]2O)CC1. The number of benzene rings is 2. The van der Waals surface area contributed by atoms with E-state index in [1.807, 2.05) is 12.1 Å². The third-order valence-electron chi connectivity index (χ3n) is 6.03. The van der Waals surface area contributed by atoms with Crippen LogP contribution in [0.3, 0.4) is 0 Å². The lowest BCUT2D eigenvalue weighted by atomic mass is 9.82. The summed E-state index contributed by atoms with van der Waals surface area (Å²) in [4.78, 5) is 14.9. The minimum Gasteiger partial charge on any atom is -0.508 e. The molecule has 0 unspecified atom stereocenters. The quantitative estimate of drug-likeness (QED) is 0.817. The van der Waals surface area contributed by atoms with Crippen molar-refractivity contribution in [3.63, 3.8) is 0 Å². The van der Waals surface area contributed by atoms with Crippen molar-refractivity contribution >= 4 is 5.78 Å². The van der Waals surface area contributed by atoms with Crippen LogP contribution in [0.15, 0.2) is 42.5 Å². The number of carbonyl (C=O) groups is 1. The molecule has 0 spiro atoms. The van der Waals surface area contributed by atoms with E-state index in [-0.39, 0.29) is 29.3 Å². The maximum absolute atomic E-state index is 13.1. The Morgan fingerprint density at radius 1 is 1.04 bits per heavy atom. The van der Waals surface area contributed by atoms with Crippen LogP contribution in [0.4, 0.5) is 4.39 Å². The number of phenols is 1. The van der Waals surface area contributed by atoms with Crippen molar-refractivity contribution in [2.24, 2.45) is 5.92 Å². The fourth-order valence-corrected chi connectivity index (χ4v) is 4.47. The molecule has 0 bridgehead atoms. The predicted molar refractivity (Wildman–Crippen MR) is 100 cm³/mol. The monoisotopic (exact) mass is 369 g/mol. The molecule has 1 aliphatic carbocycles. The molecule has 0 radical (unpaired) electrons. The van der Waals surface area contributed by atoms with Crippen molar-refractivity contribution in [2.45, 2.75) is 37.8 Å². The zero-order valence-electron chi connectivity index (χ0n) is 15.1. The Bertz CT molecular complexity index is 828. The van der Waals surface area contributed by atoms with Crippen LogP contribution in [0, 0.1) is 11.7 Å². The van der Waals surface area contributed by atoms with Gasteiger partial charge >= 0.3 is 0 Å². The van der Waals surface area contributed by atoms with Crippen molar-refractivity contribution in [3.8, 4) is 5.75 Å². The van der Waals surface area contributed by atoms with Gasteiger partial charge in [0.1, 0.15) is 11.6 Å². The molecule has 1 aliphatic heterocycles. The molecule has 1 saturated heterocycles. The molecule has 1 fully saturated rings. The van der Waals surface area contributed by atoms with Crippen molar-refractivity contribution in [1.29, 1.82) is 0 Å². The van der Waals surface area contributed by atoms with Crippen LogP contribution >= 0.6 is 0 Å². The average molecular weight is 369 g/mol. The van der Waals surface area contributed by atoms with Gasteiger partial charge in [-0.15, -0.1) is 0 Å². The van der Waals surface area contributed by atoms with Crippen LogP contribution in [0.25, 0.3) is 0 Å². The molecule has 4 rings (SSSR count). The minimum absolute atomic E-state index is 0.0150. The molecule has 2 N–H and O–H groups in total. The molecule has 2 aromatic carbocycles. The van der Waals surface area contributed by atoms with E-state index in [0.717, 1.165) is 37.1 Å². The number of hydrogen-bond donors (Lipinski definition) is 2. The van der Waals surface area contributed by atoms with E-state index >= 15 is 0 Å². The van der Waals surface area contributed by atoms with E-state index in [1.54, 1.807) is 18.2 Å². The minimum atomic E-state index is -0.518. The van der Waals surface area contributed by atoms with Gasteiger partial charge in [0.25, 0.3) is 0 Å². The highest BCUT2D eigenvalue weighted by atomic mass is 19.1. The zero-order chi connectivity index (χ0) is 19.0. The number of ketones is 1. The maximum Gasteiger partial charge on any atom is 0.166 e. The second kappa shape index (κ2) is 7.41. The maximum atomic E-state index is 13.1. The number of nitrogens with zero attached hydrogens (tertiary/aromatic N) is 1. The second-order valence-electron chi connectivity index (χ2n) is 7.64. The summed E-state index contributed by atoms with van der Waals surface area (Å²) in [6, 6.07) is 11.3. The van der Waals surface area contributed by atoms with Crippen LogP contribution in [0.5, 0.6) is 5.75 Å². The number of likely N-dealkylation sites (tertiary alicyclic amines) is 1. The Kier molecular flexibility index (Phi) is 4.98. The largest absolute Gasteiger partial charge is 0.508 e. The number of aliphatic hydroxyl groups is 1. The Balaban J connectivity index is 1.40. The van der Waals surface area contributed by atoms with Crippen LogP contribution in [-0.2, 0) is 12.8 Å². The van der Waals surface area contributed by atoms with E-state index in [2.05, 4.69) is 4.90 Å². The van der Waals surface area contributed by atoms with E-state index < -0.39 is 6.10 Å². The lowest BCUT2D eigenvalue weighted by molar-refractivity contribution is 0.0235. The summed E-state index contributed by atoms with van der Waals surface area (Å²) in [6.07, 6.45) is 2.14. The summed E-state index contributed by atoms with van der Waals surface area (Å²) in [5.74, 6) is -0.0505. The van der Waals surface area contributed by atoms with E-state index in [9.17, 15) is 19.4 Å². The molecular formula is C22H24FNO3. The highest BCUT2D eigenvalue weighted by Gasteiger charge is 2.35. The summed E-state index contributed by atoms with van der Waals surface area (Å²) in [5, 5.41) is 20.6. The van der Waals surface area contributed by atoms with Crippen molar-refractivity contribution in [3.05, 3.63) is 65.0 Å². The van der Waals surface area contributed by atoms with Gasteiger partial charge in [-0.3, -0.25) is 9.69 Å². The first-order chi connectivity index (χ1) is 13.0. The van der Waals surface area contributed by atoms with Crippen LogP contribution in [0.1, 0.15) is 34.3 Å². The number of piperidine rings is 1. The Hall–Kier alpha value is -2.24. The number of carbonyl (C=O) groups excluding carboxylic acids is 1. The van der Waals surface area contributed by atoms with E-state index in [1.165, 1.54) is 12.1 Å². The molecule has 142 valence electrons. The predicted octanol–water partition coefficient (Wildman–Crippen LogP) is 2.95. The normalized spacial score (nSPS) is 23.8. The summed E-state index contributed by atoms with van der Waals surface area (Å²) >= 11 is 0. The second-order valence-corrected chi connectivity index (χ2v) is 7.64. The molecule has 0 saturated carbocycles. The molecule has 0 aromatic heterocycles. The van der Waals surface area contributed by atoms with Crippen LogP contribution < -0.4 is 0 Å². The lowest BCUT2D eigenvalue weighted by Gasteiger charge is -2.42. The highest BCUT2D eigenvalue weighted by Crippen LogP contribution is 2.33. The first-order valence-electron chi connectivity index (χ1n) is 9.54. The number of phenolic OH excluding ortho intramolecular Hbond substituents is 1. The number of fused-ring (bicyclic) bond motifs is 1. The first kappa shape index (κ1) is 18.1. The van der Waals surface area contributed by atoms with E-state index in [0.29, 0.717) is 18.4 Å². The smallest absolute Gasteiger partial charge is 0.166 e. The van der Waals surface area contributed by atoms with Gasteiger partial charge in [-0.05, 0) is 73.8 Å². The molecule has 5 heteroatoms. The number of halogens is 1. The Morgan fingerprint density at radius 3 is 2.44 bits per heavy atom. The topological polar surface area (TPSA) is 60.8 Å². The first-order valence-corrected chi connectivity index (χ1v) is 9.54. The van der Waals surface area contributed by atoms with Crippen molar-refractivity contribution in [2.75, 3.05) is 13.1 Å². The third kappa shape index (κ3) is 3.62. The molecule has 0 amide bonds. The lowest BCUT2D eigenvalue weighted by Crippen LogP contribution is -2.51. The van der Waals surface area contributed by atoms with E-state index in [4.69, 9.17) is 0 Å². The number of aromatic hydroxyl groups is 1. The fourth-order valence-electron chi connectivity index (χ4n) is 4.47. The van der Waals surface area contributed by atoms with Gasteiger partial charge in [0.05, 0.1) is 6.10 Å². The summed E-state index contributed by atoms with van der Waals surface area (Å²) in [7, 11) is 0. The summed E-state index contributed by atoms with van der Waals surface area (Å²) < 4.78 is 13.1. The molecule has 4 nitrogen and oxygen atoms in total. The highest BCUT2D eigenvalue weighted by molar-refractivity contribution is 5.97. The number of rotatable bonds is 3. The molecule has 2 aliphatic rings. The van der Waals surface area contributed by atoms with Gasteiger partial charge in [-0.1, -0.05) is 12.1 Å². The van der Waals surface area contributed by atoms with Gasteiger partial charge in [0.2, 0.25) is 0 Å². The van der Waals surface area contributed by atoms with Gasteiger partial charge in [-0.2, -0.15) is 0 Å². The molecule has 1 heterocycles. The van der Waals surface area contributed by atoms with Gasteiger partial charge in [0.15, 0.2) is 5.78 Å². The van der Waals surface area contributed by atoms with Gasteiger partial charge < -0.3 is 10.2 Å². The Labute approximate surface area is 158 Å². The number of hydrogen-bond acceptors (Lipinski definition) is 4. The average Bonchev–Trinajstić information content (AvgIpc) is 2.68. The molecular weight excluding hydrogens is 345 g/mol. The standard InChI is InChI=1S/C22H24FNO3/c23-17-6-4-14(5-7-17)22(27)15-8-10-24(11-9-15)19-12-16-2-1-3-20(25)18(16)13-21(19)26/h1-7,15,19,21,25-26H,8-13H2/t19-,21-/m1/s1. The van der Waals surface area contributed by atoms with Crippen LogP contribution in [0.2, 0.25) is 0 Å². The van der Waals surface area contributed by atoms with Crippen molar-refractivity contribution < 1.29 is 19.4 Å². The molecule has 2 atom stereocenters. The summed E-state index contributed by atoms with van der Waals surface area (Å²) in [6.45, 7) is 1.51. The fraction of sp³-hybridized carbons (Fsp3) is 0.409. The van der Waals surface area contributed by atoms with Crippen LogP contribution in [-0.4, -0.2) is 46.1 Å². The zero-order valence-corrected chi connectivity index (χ0v) is 15.1. The molecule has 2 aromatic rings. The number of Topliss-reactive ketones (excluding diaryl/α,β-unsaturated/α-hetero) is 1. The van der Waals surface area contributed by atoms with Gasteiger partial charge in [-0.25, -0.2) is 4.39 Å².